The van der Waals surface area contributed by atoms with Crippen molar-refractivity contribution < 1.29 is 14.3 Å². The first kappa shape index (κ1) is 19.6. The number of anilines is 1. The predicted octanol–water partition coefficient (Wildman–Crippen LogP) is 4.64. The monoisotopic (exact) mass is 438 g/mol. The Hall–Kier alpha value is -3.12. The molecule has 0 spiro atoms. The Morgan fingerprint density at radius 1 is 0.929 bits per heavy atom. The average Bonchev–Trinajstić information content (AvgIpc) is 2.73. The third kappa shape index (κ3) is 4.98. The van der Waals surface area contributed by atoms with E-state index < -0.39 is 0 Å². The second kappa shape index (κ2) is 9.19. The lowest BCUT2D eigenvalue weighted by atomic mass is 10.1. The molecule has 0 aliphatic heterocycles. The molecule has 28 heavy (non-hydrogen) atoms. The number of carbonyl (C=O) groups is 2. The van der Waals surface area contributed by atoms with Crippen LogP contribution < -0.4 is 15.4 Å². The Bertz CT molecular complexity index is 987. The van der Waals surface area contributed by atoms with E-state index in [1.807, 2.05) is 24.3 Å². The van der Waals surface area contributed by atoms with E-state index in [1.165, 1.54) is 0 Å². The first-order valence-corrected chi connectivity index (χ1v) is 9.43. The highest BCUT2D eigenvalue weighted by Crippen LogP contribution is 2.18. The molecule has 0 saturated heterocycles. The van der Waals surface area contributed by atoms with E-state index in [1.54, 1.807) is 55.6 Å². The summed E-state index contributed by atoms with van der Waals surface area (Å²) < 4.78 is 6.09. The van der Waals surface area contributed by atoms with Crippen LogP contribution in [-0.2, 0) is 6.54 Å². The van der Waals surface area contributed by atoms with Gasteiger partial charge in [0.25, 0.3) is 11.8 Å². The fourth-order valence-corrected chi connectivity index (χ4v) is 2.91. The lowest BCUT2D eigenvalue weighted by Gasteiger charge is -2.12. The van der Waals surface area contributed by atoms with Crippen LogP contribution in [0, 0.1) is 0 Å². The molecule has 0 bridgehead atoms. The molecule has 0 atom stereocenters. The second-order valence-corrected chi connectivity index (χ2v) is 6.96. The summed E-state index contributed by atoms with van der Waals surface area (Å²) in [5, 5.41) is 5.68. The van der Waals surface area contributed by atoms with Crippen molar-refractivity contribution in [2.45, 2.75) is 6.54 Å². The lowest BCUT2D eigenvalue weighted by molar-refractivity contribution is 0.0951. The molecular weight excluding hydrogens is 420 g/mol. The van der Waals surface area contributed by atoms with Crippen LogP contribution >= 0.6 is 15.9 Å². The molecule has 0 radical (unpaired) electrons. The first-order valence-electron chi connectivity index (χ1n) is 8.64. The van der Waals surface area contributed by atoms with E-state index in [0.717, 1.165) is 15.8 Å². The van der Waals surface area contributed by atoms with Crippen LogP contribution in [0.3, 0.4) is 0 Å². The average molecular weight is 439 g/mol. The molecule has 2 N–H and O–H groups in total. The van der Waals surface area contributed by atoms with E-state index in [9.17, 15) is 9.59 Å². The van der Waals surface area contributed by atoms with E-state index in [-0.39, 0.29) is 11.8 Å². The van der Waals surface area contributed by atoms with Gasteiger partial charge in [0.2, 0.25) is 0 Å². The maximum atomic E-state index is 12.7. The van der Waals surface area contributed by atoms with E-state index >= 15 is 0 Å². The molecular formula is C22H19BrN2O3. The Kier molecular flexibility index (Phi) is 6.45. The molecule has 0 fully saturated rings. The second-order valence-electron chi connectivity index (χ2n) is 6.04. The normalized spacial score (nSPS) is 10.2. The molecule has 3 aromatic rings. The fourth-order valence-electron chi connectivity index (χ4n) is 2.65. The van der Waals surface area contributed by atoms with Gasteiger partial charge in [-0.1, -0.05) is 40.2 Å². The fraction of sp³-hybridized carbons (Fsp3) is 0.0909. The molecule has 3 aromatic carbocycles. The summed E-state index contributed by atoms with van der Waals surface area (Å²) in [6, 6.07) is 21.4. The Morgan fingerprint density at radius 2 is 1.68 bits per heavy atom. The number of ether oxygens (including phenoxy) is 1. The molecule has 2 amide bonds. The molecule has 142 valence electrons. The van der Waals surface area contributed by atoms with Crippen molar-refractivity contribution in [2.75, 3.05) is 12.4 Å². The third-order valence-corrected chi connectivity index (χ3v) is 4.64. The van der Waals surface area contributed by atoms with Gasteiger partial charge in [-0.2, -0.15) is 0 Å². The minimum Gasteiger partial charge on any atom is -0.497 e. The van der Waals surface area contributed by atoms with Crippen molar-refractivity contribution in [1.29, 1.82) is 0 Å². The zero-order chi connectivity index (χ0) is 19.9. The number of carbonyl (C=O) groups excluding carboxylic acids is 2. The molecule has 6 heteroatoms. The van der Waals surface area contributed by atoms with Crippen LogP contribution in [-0.4, -0.2) is 18.9 Å². The number of methoxy groups -OCH3 is 1. The van der Waals surface area contributed by atoms with Crippen molar-refractivity contribution in [2.24, 2.45) is 0 Å². The zero-order valence-electron chi connectivity index (χ0n) is 15.2. The molecule has 3 rings (SSSR count). The quantitative estimate of drug-likeness (QED) is 0.588. The first-order chi connectivity index (χ1) is 13.6. The van der Waals surface area contributed by atoms with Gasteiger partial charge in [0.05, 0.1) is 18.4 Å². The highest BCUT2D eigenvalue weighted by Gasteiger charge is 2.14. The van der Waals surface area contributed by atoms with Crippen LogP contribution in [0.1, 0.15) is 26.3 Å². The number of benzene rings is 3. The Balaban J connectivity index is 1.71. The van der Waals surface area contributed by atoms with Crippen LogP contribution in [0.15, 0.2) is 77.3 Å². The summed E-state index contributed by atoms with van der Waals surface area (Å²) >= 11 is 3.35. The maximum absolute atomic E-state index is 12.7. The van der Waals surface area contributed by atoms with E-state index in [2.05, 4.69) is 26.6 Å². The largest absolute Gasteiger partial charge is 0.497 e. The number of para-hydroxylation sites is 1. The highest BCUT2D eigenvalue weighted by atomic mass is 79.9. The van der Waals surface area contributed by atoms with Crippen molar-refractivity contribution in [1.82, 2.24) is 5.32 Å². The van der Waals surface area contributed by atoms with E-state index in [0.29, 0.717) is 23.4 Å². The van der Waals surface area contributed by atoms with Gasteiger partial charge in [0.15, 0.2) is 0 Å². The molecule has 0 aliphatic carbocycles. The standard InChI is InChI=1S/C22H19BrN2O3/c1-28-18-6-4-5-15(13-18)14-24-22(27)19-7-2-3-8-20(19)25-21(26)16-9-11-17(23)12-10-16/h2-13H,14H2,1H3,(H,24,27)(H,25,26). The number of amides is 2. The van der Waals surface area contributed by atoms with Gasteiger partial charge in [-0.15, -0.1) is 0 Å². The topological polar surface area (TPSA) is 67.4 Å². The minimum absolute atomic E-state index is 0.269. The lowest BCUT2D eigenvalue weighted by Crippen LogP contribution is -2.24. The van der Waals surface area contributed by atoms with Gasteiger partial charge in [-0.3, -0.25) is 9.59 Å². The van der Waals surface area contributed by atoms with Gasteiger partial charge in [0, 0.05) is 16.6 Å². The van der Waals surface area contributed by atoms with Crippen LogP contribution in [0.5, 0.6) is 5.75 Å². The zero-order valence-corrected chi connectivity index (χ0v) is 16.8. The number of halogens is 1. The molecule has 0 aromatic heterocycles. The summed E-state index contributed by atoms with van der Waals surface area (Å²) in [6.07, 6.45) is 0. The van der Waals surface area contributed by atoms with Crippen molar-refractivity contribution in [3.63, 3.8) is 0 Å². The van der Waals surface area contributed by atoms with Gasteiger partial charge >= 0.3 is 0 Å². The Morgan fingerprint density at radius 3 is 2.43 bits per heavy atom. The van der Waals surface area contributed by atoms with Gasteiger partial charge in [-0.05, 0) is 54.1 Å². The minimum atomic E-state index is -0.277. The van der Waals surface area contributed by atoms with Gasteiger partial charge < -0.3 is 15.4 Å². The molecule has 0 aliphatic rings. The van der Waals surface area contributed by atoms with Gasteiger partial charge in [0.1, 0.15) is 5.75 Å². The molecule has 0 heterocycles. The van der Waals surface area contributed by atoms with Gasteiger partial charge in [-0.25, -0.2) is 0 Å². The van der Waals surface area contributed by atoms with Crippen LogP contribution in [0.25, 0.3) is 0 Å². The number of hydrogen-bond acceptors (Lipinski definition) is 3. The highest BCUT2D eigenvalue weighted by molar-refractivity contribution is 9.10. The van der Waals surface area contributed by atoms with Crippen molar-refractivity contribution in [3.8, 4) is 5.75 Å². The maximum Gasteiger partial charge on any atom is 0.255 e. The third-order valence-electron chi connectivity index (χ3n) is 4.11. The summed E-state index contributed by atoms with van der Waals surface area (Å²) in [7, 11) is 1.60. The number of nitrogens with one attached hydrogen (secondary N) is 2. The molecule has 0 unspecified atom stereocenters. The van der Waals surface area contributed by atoms with E-state index in [4.69, 9.17) is 4.74 Å². The summed E-state index contributed by atoms with van der Waals surface area (Å²) in [6.45, 7) is 0.352. The molecule has 5 nitrogen and oxygen atoms in total. The molecule has 0 saturated carbocycles. The van der Waals surface area contributed by atoms with Crippen molar-refractivity contribution >= 4 is 33.4 Å². The van der Waals surface area contributed by atoms with Crippen LogP contribution in [0.2, 0.25) is 0 Å². The Labute approximate surface area is 171 Å². The summed E-state index contributed by atoms with van der Waals surface area (Å²) in [4.78, 5) is 25.1. The van der Waals surface area contributed by atoms with Crippen molar-refractivity contribution in [3.05, 3.63) is 94.0 Å². The van der Waals surface area contributed by atoms with Crippen LogP contribution in [0.4, 0.5) is 5.69 Å². The predicted molar refractivity (Wildman–Crippen MR) is 113 cm³/mol. The number of rotatable bonds is 6. The number of hydrogen-bond donors (Lipinski definition) is 2. The summed E-state index contributed by atoms with van der Waals surface area (Å²) in [5.74, 6) is 0.184. The smallest absolute Gasteiger partial charge is 0.255 e. The SMILES string of the molecule is COc1cccc(CNC(=O)c2ccccc2NC(=O)c2ccc(Br)cc2)c1. The summed E-state index contributed by atoms with van der Waals surface area (Å²) in [5.41, 5.74) is 2.29.